The van der Waals surface area contributed by atoms with E-state index < -0.39 is 0 Å². The third-order valence-electron chi connectivity index (χ3n) is 4.96. The van der Waals surface area contributed by atoms with Gasteiger partial charge in [-0.3, -0.25) is 14.5 Å². The van der Waals surface area contributed by atoms with Crippen LogP contribution in [0.15, 0.2) is 90.1 Å². The van der Waals surface area contributed by atoms with Gasteiger partial charge in [0.05, 0.1) is 17.0 Å². The van der Waals surface area contributed by atoms with Crippen LogP contribution in [-0.4, -0.2) is 37.8 Å². The van der Waals surface area contributed by atoms with Crippen LogP contribution in [0.3, 0.4) is 0 Å². The average Bonchev–Trinajstić information content (AvgIpc) is 3.08. The summed E-state index contributed by atoms with van der Waals surface area (Å²) in [6, 6.07) is 26.4. The summed E-state index contributed by atoms with van der Waals surface area (Å²) < 4.78 is 0. The molecule has 1 aromatic heterocycles. The number of imide groups is 1. The second-order valence-electron chi connectivity index (χ2n) is 6.88. The number of rotatable bonds is 5. The van der Waals surface area contributed by atoms with Crippen molar-refractivity contribution in [2.24, 2.45) is 0 Å². The summed E-state index contributed by atoms with van der Waals surface area (Å²) >= 11 is 1.21. The average molecular weight is 424 g/mol. The van der Waals surface area contributed by atoms with Crippen LogP contribution in [0, 0.1) is 0 Å². The minimum absolute atomic E-state index is 0.118. The fourth-order valence-electron chi connectivity index (χ4n) is 3.44. The van der Waals surface area contributed by atoms with Crippen molar-refractivity contribution in [2.45, 2.75) is 5.16 Å². The molecule has 0 unspecified atom stereocenters. The molecule has 0 radical (unpaired) electrons. The van der Waals surface area contributed by atoms with Gasteiger partial charge in [-0.1, -0.05) is 84.6 Å². The van der Waals surface area contributed by atoms with Crippen LogP contribution >= 0.6 is 11.8 Å². The van der Waals surface area contributed by atoms with E-state index in [4.69, 9.17) is 4.98 Å². The molecule has 1 aliphatic heterocycles. The highest BCUT2D eigenvalue weighted by atomic mass is 32.2. The summed E-state index contributed by atoms with van der Waals surface area (Å²) in [6.07, 6.45) is 0. The predicted octanol–water partition coefficient (Wildman–Crippen LogP) is 4.55. The molecule has 0 spiro atoms. The second-order valence-corrected chi connectivity index (χ2v) is 7.79. The molecular weight excluding hydrogens is 408 g/mol. The SMILES string of the molecule is O=C1c2ccccc2C(=O)N1CSc1nnc(-c2ccccc2)c(-c2ccccc2)n1. The van der Waals surface area contributed by atoms with Crippen LogP contribution in [0.1, 0.15) is 20.7 Å². The number of thioether (sulfide) groups is 1. The Balaban J connectivity index is 1.45. The molecule has 0 atom stereocenters. The predicted molar refractivity (Wildman–Crippen MR) is 118 cm³/mol. The van der Waals surface area contributed by atoms with Crippen LogP contribution in [-0.2, 0) is 0 Å². The van der Waals surface area contributed by atoms with Gasteiger partial charge in [-0.25, -0.2) is 4.98 Å². The first-order chi connectivity index (χ1) is 15.2. The van der Waals surface area contributed by atoms with Crippen LogP contribution in [0.4, 0.5) is 0 Å². The van der Waals surface area contributed by atoms with E-state index in [0.717, 1.165) is 11.1 Å². The zero-order valence-electron chi connectivity index (χ0n) is 16.3. The molecule has 6 nitrogen and oxygen atoms in total. The number of fused-ring (bicyclic) bond motifs is 1. The fourth-order valence-corrected chi connectivity index (χ4v) is 4.17. The highest BCUT2D eigenvalue weighted by Gasteiger charge is 2.35. The molecule has 3 aromatic carbocycles. The molecule has 4 aromatic rings. The van der Waals surface area contributed by atoms with E-state index in [9.17, 15) is 9.59 Å². The maximum Gasteiger partial charge on any atom is 0.262 e. The van der Waals surface area contributed by atoms with E-state index in [2.05, 4.69) is 10.2 Å². The maximum atomic E-state index is 12.6. The Morgan fingerprint density at radius 1 is 0.645 bits per heavy atom. The van der Waals surface area contributed by atoms with Gasteiger partial charge in [0.1, 0.15) is 11.4 Å². The molecule has 1 aliphatic rings. The highest BCUT2D eigenvalue weighted by molar-refractivity contribution is 7.99. The third-order valence-corrected chi connectivity index (χ3v) is 5.78. The van der Waals surface area contributed by atoms with Crippen molar-refractivity contribution in [2.75, 3.05) is 5.88 Å². The monoisotopic (exact) mass is 424 g/mol. The second kappa shape index (κ2) is 8.12. The van der Waals surface area contributed by atoms with Gasteiger partial charge in [-0.05, 0) is 12.1 Å². The van der Waals surface area contributed by atoms with Gasteiger partial charge in [0.25, 0.3) is 11.8 Å². The lowest BCUT2D eigenvalue weighted by molar-refractivity contribution is 0.0684. The van der Waals surface area contributed by atoms with E-state index in [-0.39, 0.29) is 17.7 Å². The van der Waals surface area contributed by atoms with Gasteiger partial charge in [0, 0.05) is 11.1 Å². The first-order valence-corrected chi connectivity index (χ1v) is 10.6. The maximum absolute atomic E-state index is 12.6. The Morgan fingerprint density at radius 3 is 1.74 bits per heavy atom. The summed E-state index contributed by atoms with van der Waals surface area (Å²) in [4.78, 5) is 31.1. The van der Waals surface area contributed by atoms with E-state index in [1.807, 2.05) is 60.7 Å². The molecule has 2 amide bonds. The molecule has 0 saturated carbocycles. The van der Waals surface area contributed by atoms with Gasteiger partial charge in [-0.2, -0.15) is 0 Å². The summed E-state index contributed by atoms with van der Waals surface area (Å²) in [7, 11) is 0. The number of hydrogen-bond donors (Lipinski definition) is 0. The quantitative estimate of drug-likeness (QED) is 0.346. The van der Waals surface area contributed by atoms with Crippen molar-refractivity contribution in [1.29, 1.82) is 0 Å². The summed E-state index contributed by atoms with van der Waals surface area (Å²) in [5, 5.41) is 9.08. The Labute approximate surface area is 183 Å². The summed E-state index contributed by atoms with van der Waals surface area (Å²) in [5.41, 5.74) is 4.06. The molecule has 0 N–H and O–H groups in total. The molecule has 0 bridgehead atoms. The molecule has 150 valence electrons. The lowest BCUT2D eigenvalue weighted by Gasteiger charge is -2.13. The number of amides is 2. The van der Waals surface area contributed by atoms with Crippen LogP contribution in [0.25, 0.3) is 22.5 Å². The van der Waals surface area contributed by atoms with Gasteiger partial charge < -0.3 is 0 Å². The molecule has 5 rings (SSSR count). The number of aromatic nitrogens is 3. The highest BCUT2D eigenvalue weighted by Crippen LogP contribution is 2.31. The summed E-state index contributed by atoms with van der Waals surface area (Å²) in [5.74, 6) is -0.483. The first-order valence-electron chi connectivity index (χ1n) is 9.66. The molecule has 7 heteroatoms. The number of carbonyl (C=O) groups is 2. The Bertz CT molecular complexity index is 1240. The lowest BCUT2D eigenvalue weighted by Crippen LogP contribution is -2.29. The van der Waals surface area contributed by atoms with Crippen molar-refractivity contribution in [3.8, 4) is 22.5 Å². The molecule has 0 saturated heterocycles. The van der Waals surface area contributed by atoms with Crippen molar-refractivity contribution in [1.82, 2.24) is 20.1 Å². The van der Waals surface area contributed by atoms with Crippen molar-refractivity contribution < 1.29 is 9.59 Å². The normalized spacial score (nSPS) is 12.8. The largest absolute Gasteiger partial charge is 0.269 e. The van der Waals surface area contributed by atoms with Gasteiger partial charge in [0.2, 0.25) is 5.16 Å². The van der Waals surface area contributed by atoms with Crippen LogP contribution in [0.2, 0.25) is 0 Å². The van der Waals surface area contributed by atoms with Crippen molar-refractivity contribution in [3.05, 3.63) is 96.1 Å². The minimum Gasteiger partial charge on any atom is -0.269 e. The molecule has 0 aliphatic carbocycles. The molecular formula is C24H16N4O2S. The summed E-state index contributed by atoms with van der Waals surface area (Å²) in [6.45, 7) is 0. The molecule has 2 heterocycles. The number of carbonyl (C=O) groups excluding carboxylic acids is 2. The van der Waals surface area contributed by atoms with Crippen LogP contribution < -0.4 is 0 Å². The van der Waals surface area contributed by atoms with Gasteiger partial charge in [0.15, 0.2) is 0 Å². The van der Waals surface area contributed by atoms with Crippen LogP contribution in [0.5, 0.6) is 0 Å². The number of benzene rings is 3. The van der Waals surface area contributed by atoms with E-state index in [1.54, 1.807) is 24.3 Å². The Morgan fingerprint density at radius 2 is 1.16 bits per heavy atom. The lowest BCUT2D eigenvalue weighted by atomic mass is 10.0. The standard InChI is InChI=1S/C24H16N4O2S/c29-22-18-13-7-8-14-19(18)23(30)28(22)15-31-24-25-20(16-9-3-1-4-10-16)21(26-27-24)17-11-5-2-6-12-17/h1-14H,15H2. The van der Waals surface area contributed by atoms with Gasteiger partial charge >= 0.3 is 0 Å². The number of hydrogen-bond acceptors (Lipinski definition) is 6. The van der Waals surface area contributed by atoms with E-state index in [1.165, 1.54) is 16.7 Å². The first kappa shape index (κ1) is 19.1. The minimum atomic E-state index is -0.301. The number of nitrogens with zero attached hydrogens (tertiary/aromatic N) is 4. The van der Waals surface area contributed by atoms with Crippen molar-refractivity contribution >= 4 is 23.6 Å². The Hall–Kier alpha value is -3.84. The zero-order chi connectivity index (χ0) is 21.2. The van der Waals surface area contributed by atoms with Gasteiger partial charge in [-0.15, -0.1) is 10.2 Å². The third kappa shape index (κ3) is 3.60. The Kier molecular flexibility index (Phi) is 5.01. The fraction of sp³-hybridized carbons (Fsp3) is 0.0417. The van der Waals surface area contributed by atoms with Crippen molar-refractivity contribution in [3.63, 3.8) is 0 Å². The molecule has 0 fully saturated rings. The van der Waals surface area contributed by atoms with E-state index >= 15 is 0 Å². The topological polar surface area (TPSA) is 76.1 Å². The smallest absolute Gasteiger partial charge is 0.262 e. The zero-order valence-corrected chi connectivity index (χ0v) is 17.1. The van der Waals surface area contributed by atoms with E-state index in [0.29, 0.717) is 27.7 Å². The molecule has 31 heavy (non-hydrogen) atoms.